The summed E-state index contributed by atoms with van der Waals surface area (Å²) < 4.78 is 51.9. The van der Waals surface area contributed by atoms with Gasteiger partial charge in [0.15, 0.2) is 0 Å². The molecule has 0 N–H and O–H groups in total. The van der Waals surface area contributed by atoms with Crippen LogP contribution in [0.4, 0.5) is 23.2 Å². The summed E-state index contributed by atoms with van der Waals surface area (Å²) in [6, 6.07) is 1.38. The van der Waals surface area contributed by atoms with E-state index in [4.69, 9.17) is 0 Å². The van der Waals surface area contributed by atoms with Crippen LogP contribution in [0.15, 0.2) is 29.3 Å². The molecule has 1 fully saturated rings. The van der Waals surface area contributed by atoms with E-state index >= 15 is 0 Å². The van der Waals surface area contributed by atoms with E-state index in [0.717, 1.165) is 11.0 Å². The van der Waals surface area contributed by atoms with Crippen molar-refractivity contribution in [2.45, 2.75) is 12.6 Å². The van der Waals surface area contributed by atoms with Crippen molar-refractivity contribution in [2.24, 2.45) is 5.92 Å². The molecular formula is C13H10BrF4NO. The molecule has 1 aliphatic rings. The van der Waals surface area contributed by atoms with Gasteiger partial charge >= 0.3 is 6.18 Å². The van der Waals surface area contributed by atoms with Crippen molar-refractivity contribution >= 4 is 27.5 Å². The van der Waals surface area contributed by atoms with Gasteiger partial charge in [-0.05, 0) is 12.1 Å². The Labute approximate surface area is 121 Å². The molecule has 1 aromatic rings. The van der Waals surface area contributed by atoms with E-state index in [2.05, 4.69) is 22.5 Å². The number of rotatable bonds is 2. The largest absolute Gasteiger partial charge is 0.417 e. The third-order valence-corrected chi connectivity index (χ3v) is 3.78. The Hall–Kier alpha value is -1.37. The highest BCUT2D eigenvalue weighted by atomic mass is 79.9. The molecule has 1 aliphatic heterocycles. The summed E-state index contributed by atoms with van der Waals surface area (Å²) in [5, 5.41) is 0. The second-order valence-electron chi connectivity index (χ2n) is 4.49. The zero-order valence-electron chi connectivity index (χ0n) is 10.2. The minimum atomic E-state index is -4.62. The van der Waals surface area contributed by atoms with Gasteiger partial charge in [-0.1, -0.05) is 22.0 Å². The number of alkyl halides is 3. The molecule has 1 amide bonds. The van der Waals surface area contributed by atoms with Crippen molar-refractivity contribution in [3.63, 3.8) is 0 Å². The van der Waals surface area contributed by atoms with Crippen molar-refractivity contribution in [3.8, 4) is 0 Å². The van der Waals surface area contributed by atoms with Gasteiger partial charge in [0, 0.05) is 23.4 Å². The lowest BCUT2D eigenvalue weighted by Gasteiger charge is -2.19. The molecule has 0 aliphatic carbocycles. The van der Waals surface area contributed by atoms with E-state index in [-0.39, 0.29) is 24.6 Å². The number of amides is 1. The van der Waals surface area contributed by atoms with Crippen LogP contribution in [0.2, 0.25) is 0 Å². The summed E-state index contributed by atoms with van der Waals surface area (Å²) in [7, 11) is 0. The Kier molecular flexibility index (Phi) is 3.90. The van der Waals surface area contributed by atoms with E-state index in [1.54, 1.807) is 6.08 Å². The number of nitrogens with zero attached hydrogens (tertiary/aromatic N) is 1. The fraction of sp³-hybridized carbons (Fsp3) is 0.308. The van der Waals surface area contributed by atoms with E-state index in [1.807, 2.05) is 0 Å². The predicted molar refractivity (Wildman–Crippen MR) is 69.8 cm³/mol. The second-order valence-corrected chi connectivity index (χ2v) is 5.34. The van der Waals surface area contributed by atoms with Crippen molar-refractivity contribution in [2.75, 3.05) is 11.4 Å². The first-order valence-electron chi connectivity index (χ1n) is 5.73. The van der Waals surface area contributed by atoms with Crippen molar-refractivity contribution in [1.29, 1.82) is 0 Å². The summed E-state index contributed by atoms with van der Waals surface area (Å²) in [4.78, 5) is 12.8. The zero-order valence-corrected chi connectivity index (χ0v) is 11.8. The molecule has 1 heterocycles. The predicted octanol–water partition coefficient (Wildman–Crippen LogP) is 4.15. The first kappa shape index (κ1) is 15.0. The minimum Gasteiger partial charge on any atom is -0.309 e. The fourth-order valence-electron chi connectivity index (χ4n) is 2.09. The average molecular weight is 352 g/mol. The number of anilines is 1. The molecule has 0 spiro atoms. The number of benzene rings is 1. The molecule has 0 aromatic heterocycles. The van der Waals surface area contributed by atoms with E-state index in [9.17, 15) is 22.4 Å². The van der Waals surface area contributed by atoms with Gasteiger partial charge in [-0.3, -0.25) is 4.79 Å². The number of hydrogen-bond donors (Lipinski definition) is 0. The first-order valence-corrected chi connectivity index (χ1v) is 6.52. The lowest BCUT2D eigenvalue weighted by Crippen LogP contribution is -2.26. The summed E-state index contributed by atoms with van der Waals surface area (Å²) in [5.74, 6) is -1.47. The van der Waals surface area contributed by atoms with E-state index in [1.165, 1.54) is 0 Å². The van der Waals surface area contributed by atoms with Crippen LogP contribution in [0.1, 0.15) is 12.0 Å². The van der Waals surface area contributed by atoms with Crippen LogP contribution in [0, 0.1) is 11.7 Å². The zero-order chi connectivity index (χ0) is 15.1. The maximum atomic E-state index is 13.9. The lowest BCUT2D eigenvalue weighted by molar-refractivity contribution is -0.138. The standard InChI is InChI=1S/C13H10BrF4NO/c1-2-7-3-12(20)19(6-7)11-4-8(13(16,17)18)9(14)5-10(11)15/h2,4-5,7H,1,3,6H2. The van der Waals surface area contributed by atoms with Crippen LogP contribution in [0.25, 0.3) is 0 Å². The quantitative estimate of drug-likeness (QED) is 0.579. The molecule has 0 bridgehead atoms. The summed E-state index contributed by atoms with van der Waals surface area (Å²) in [6.07, 6.45) is -2.96. The Morgan fingerprint density at radius 2 is 2.05 bits per heavy atom. The number of carbonyl (C=O) groups is 1. The van der Waals surface area contributed by atoms with Crippen molar-refractivity contribution in [1.82, 2.24) is 0 Å². The van der Waals surface area contributed by atoms with Crippen LogP contribution in [0.3, 0.4) is 0 Å². The Morgan fingerprint density at radius 1 is 1.40 bits per heavy atom. The van der Waals surface area contributed by atoms with Gasteiger partial charge in [-0.25, -0.2) is 4.39 Å². The van der Waals surface area contributed by atoms with Gasteiger partial charge in [-0.15, -0.1) is 6.58 Å². The molecule has 108 valence electrons. The van der Waals surface area contributed by atoms with Gasteiger partial charge < -0.3 is 4.90 Å². The van der Waals surface area contributed by atoms with Crippen LogP contribution in [-0.4, -0.2) is 12.5 Å². The number of carbonyl (C=O) groups excluding carboxylic acids is 1. The summed E-state index contributed by atoms with van der Waals surface area (Å²) >= 11 is 2.69. The SMILES string of the molecule is C=CC1CC(=O)N(c2cc(C(F)(F)F)c(Br)cc2F)C1. The third-order valence-electron chi connectivity index (χ3n) is 3.12. The molecule has 0 radical (unpaired) electrons. The van der Waals surface area contributed by atoms with Crippen molar-refractivity contribution < 1.29 is 22.4 Å². The van der Waals surface area contributed by atoms with Gasteiger partial charge in [0.25, 0.3) is 0 Å². The molecule has 20 heavy (non-hydrogen) atoms. The second kappa shape index (κ2) is 5.20. The minimum absolute atomic E-state index is 0.125. The summed E-state index contributed by atoms with van der Waals surface area (Å²) in [6.45, 7) is 3.68. The maximum Gasteiger partial charge on any atom is 0.417 e. The molecule has 1 unspecified atom stereocenters. The molecule has 0 saturated carbocycles. The fourth-order valence-corrected chi connectivity index (χ4v) is 2.63. The van der Waals surface area contributed by atoms with Crippen LogP contribution < -0.4 is 4.90 Å². The normalized spacial score (nSPS) is 19.6. The van der Waals surface area contributed by atoms with E-state index in [0.29, 0.717) is 6.07 Å². The lowest BCUT2D eigenvalue weighted by atomic mass is 10.1. The molecule has 1 saturated heterocycles. The Balaban J connectivity index is 2.47. The number of halogens is 5. The van der Waals surface area contributed by atoms with Crippen molar-refractivity contribution in [3.05, 3.63) is 40.6 Å². The molecule has 1 aromatic carbocycles. The van der Waals surface area contributed by atoms with Gasteiger partial charge in [-0.2, -0.15) is 13.2 Å². The Bertz CT molecular complexity index is 570. The highest BCUT2D eigenvalue weighted by molar-refractivity contribution is 9.10. The molecule has 7 heteroatoms. The van der Waals surface area contributed by atoms with Crippen LogP contribution in [0.5, 0.6) is 0 Å². The average Bonchev–Trinajstić information content (AvgIpc) is 2.69. The third kappa shape index (κ3) is 2.72. The van der Waals surface area contributed by atoms with Crippen LogP contribution >= 0.6 is 15.9 Å². The molecular weight excluding hydrogens is 342 g/mol. The van der Waals surface area contributed by atoms with E-state index < -0.39 is 27.9 Å². The van der Waals surface area contributed by atoms with Gasteiger partial charge in [0.1, 0.15) is 5.82 Å². The topological polar surface area (TPSA) is 20.3 Å². The molecule has 2 nitrogen and oxygen atoms in total. The number of hydrogen-bond acceptors (Lipinski definition) is 1. The van der Waals surface area contributed by atoms with Crippen LogP contribution in [-0.2, 0) is 11.0 Å². The maximum absolute atomic E-state index is 13.9. The Morgan fingerprint density at radius 3 is 2.55 bits per heavy atom. The van der Waals surface area contributed by atoms with Gasteiger partial charge in [0.05, 0.1) is 11.3 Å². The molecule has 2 rings (SSSR count). The first-order chi connectivity index (χ1) is 9.24. The highest BCUT2D eigenvalue weighted by Crippen LogP contribution is 2.39. The smallest absolute Gasteiger partial charge is 0.309 e. The monoisotopic (exact) mass is 351 g/mol. The summed E-state index contributed by atoms with van der Waals surface area (Å²) in [5.41, 5.74) is -1.36. The van der Waals surface area contributed by atoms with Gasteiger partial charge in [0.2, 0.25) is 5.91 Å². The highest BCUT2D eigenvalue weighted by Gasteiger charge is 2.37. The molecule has 1 atom stereocenters.